The Kier molecular flexibility index (Phi) is 3.56. The van der Waals surface area contributed by atoms with Crippen LogP contribution in [0.1, 0.15) is 31.7 Å². The first kappa shape index (κ1) is 15.6. The number of benzene rings is 1. The van der Waals surface area contributed by atoms with Crippen molar-refractivity contribution in [2.45, 2.75) is 31.7 Å². The third-order valence-corrected chi connectivity index (χ3v) is 5.28. The van der Waals surface area contributed by atoms with Gasteiger partial charge in [0, 0.05) is 13.1 Å². The molecular formula is C18H18ClN7. The van der Waals surface area contributed by atoms with E-state index in [0.717, 1.165) is 35.0 Å². The molecule has 0 bridgehead atoms. The minimum Gasteiger partial charge on any atom is -0.324 e. The van der Waals surface area contributed by atoms with Crippen LogP contribution in [-0.4, -0.2) is 36.5 Å². The van der Waals surface area contributed by atoms with Crippen LogP contribution in [-0.2, 0) is 0 Å². The van der Waals surface area contributed by atoms with Gasteiger partial charge < -0.3 is 9.55 Å². The smallest absolute Gasteiger partial charge is 0.226 e. The molecule has 8 heteroatoms. The van der Waals surface area contributed by atoms with Crippen molar-refractivity contribution in [2.75, 3.05) is 11.9 Å². The number of anilines is 2. The average molecular weight is 368 g/mol. The van der Waals surface area contributed by atoms with E-state index in [-0.39, 0.29) is 5.28 Å². The van der Waals surface area contributed by atoms with Gasteiger partial charge in [0.15, 0.2) is 17.0 Å². The monoisotopic (exact) mass is 367 g/mol. The quantitative estimate of drug-likeness (QED) is 0.548. The number of aromatic nitrogens is 6. The van der Waals surface area contributed by atoms with Gasteiger partial charge in [0.05, 0.1) is 17.4 Å². The van der Waals surface area contributed by atoms with Crippen LogP contribution < -0.4 is 4.90 Å². The highest BCUT2D eigenvalue weighted by Crippen LogP contribution is 2.34. The molecule has 1 N–H and O–H groups in total. The number of halogens is 1. The molecule has 1 aliphatic carbocycles. The summed E-state index contributed by atoms with van der Waals surface area (Å²) in [5, 5.41) is 0.218. The molecule has 5 rings (SSSR count). The lowest BCUT2D eigenvalue weighted by Crippen LogP contribution is -2.14. The Hall–Kier alpha value is -2.67. The fraction of sp³-hybridized carbons (Fsp3) is 0.333. The predicted octanol–water partition coefficient (Wildman–Crippen LogP) is 4.24. The van der Waals surface area contributed by atoms with Crippen LogP contribution in [0.2, 0.25) is 5.28 Å². The SMILES string of the molecule is CN(c1nc2ccccc2[nH]1)c1nc(Cl)nc2c1ncn2C1CCCC1. The average Bonchev–Trinajstić information content (AvgIpc) is 3.38. The van der Waals surface area contributed by atoms with E-state index in [1.807, 2.05) is 42.5 Å². The number of rotatable bonds is 3. The van der Waals surface area contributed by atoms with Gasteiger partial charge in [-0.2, -0.15) is 9.97 Å². The van der Waals surface area contributed by atoms with Crippen LogP contribution in [0.25, 0.3) is 22.2 Å². The van der Waals surface area contributed by atoms with Gasteiger partial charge in [0.25, 0.3) is 0 Å². The molecule has 0 saturated heterocycles. The Bertz CT molecular complexity index is 1060. The Morgan fingerprint density at radius 3 is 2.77 bits per heavy atom. The number of aromatic amines is 1. The van der Waals surface area contributed by atoms with Crippen molar-refractivity contribution in [1.29, 1.82) is 0 Å². The zero-order valence-electron chi connectivity index (χ0n) is 14.4. The van der Waals surface area contributed by atoms with E-state index in [1.54, 1.807) is 0 Å². The summed E-state index contributed by atoms with van der Waals surface area (Å²) >= 11 is 6.25. The van der Waals surface area contributed by atoms with Crippen LogP contribution in [0.3, 0.4) is 0 Å². The van der Waals surface area contributed by atoms with Crippen molar-refractivity contribution >= 4 is 45.6 Å². The van der Waals surface area contributed by atoms with Crippen molar-refractivity contribution in [3.8, 4) is 0 Å². The Balaban J connectivity index is 1.63. The number of hydrogen-bond acceptors (Lipinski definition) is 5. The van der Waals surface area contributed by atoms with Gasteiger partial charge in [-0.05, 0) is 36.6 Å². The third-order valence-electron chi connectivity index (χ3n) is 5.11. The molecule has 3 heterocycles. The number of para-hydroxylation sites is 2. The summed E-state index contributed by atoms with van der Waals surface area (Å²) < 4.78 is 2.14. The first-order chi connectivity index (χ1) is 12.7. The van der Waals surface area contributed by atoms with E-state index in [2.05, 4.69) is 29.5 Å². The highest BCUT2D eigenvalue weighted by Gasteiger charge is 2.23. The Labute approximate surface area is 155 Å². The molecule has 1 aliphatic rings. The van der Waals surface area contributed by atoms with Gasteiger partial charge in [0.1, 0.15) is 0 Å². The second kappa shape index (κ2) is 5.95. The number of imidazole rings is 2. The fourth-order valence-electron chi connectivity index (χ4n) is 3.76. The molecule has 7 nitrogen and oxygen atoms in total. The first-order valence-corrected chi connectivity index (χ1v) is 9.17. The molecule has 3 aromatic heterocycles. The standard InChI is InChI=1S/C18H18ClN7/c1-25(18-21-12-8-4-5-9-13(12)22-18)15-14-16(24-17(19)23-15)26(10-20-14)11-6-2-3-7-11/h4-5,8-11H,2-3,6-7H2,1H3,(H,21,22). The third kappa shape index (κ3) is 2.42. The van der Waals surface area contributed by atoms with E-state index in [9.17, 15) is 0 Å². The zero-order chi connectivity index (χ0) is 17.7. The molecule has 0 amide bonds. The van der Waals surface area contributed by atoms with E-state index in [1.165, 1.54) is 12.8 Å². The Morgan fingerprint density at radius 1 is 1.15 bits per heavy atom. The van der Waals surface area contributed by atoms with Crippen LogP contribution in [0.5, 0.6) is 0 Å². The lowest BCUT2D eigenvalue weighted by atomic mass is 10.2. The van der Waals surface area contributed by atoms with Crippen LogP contribution in [0, 0.1) is 0 Å². The molecule has 0 radical (unpaired) electrons. The predicted molar refractivity (Wildman–Crippen MR) is 102 cm³/mol. The first-order valence-electron chi connectivity index (χ1n) is 8.79. The molecule has 0 spiro atoms. The van der Waals surface area contributed by atoms with Crippen LogP contribution >= 0.6 is 11.6 Å². The summed E-state index contributed by atoms with van der Waals surface area (Å²) in [6.45, 7) is 0. The summed E-state index contributed by atoms with van der Waals surface area (Å²) in [6, 6.07) is 8.36. The van der Waals surface area contributed by atoms with Gasteiger partial charge in [-0.15, -0.1) is 0 Å². The van der Waals surface area contributed by atoms with Crippen LogP contribution in [0.4, 0.5) is 11.8 Å². The number of nitrogens with one attached hydrogen (secondary N) is 1. The summed E-state index contributed by atoms with van der Waals surface area (Å²) in [7, 11) is 1.91. The van der Waals surface area contributed by atoms with E-state index >= 15 is 0 Å². The van der Waals surface area contributed by atoms with Crippen molar-refractivity contribution in [1.82, 2.24) is 29.5 Å². The second-order valence-corrected chi connectivity index (χ2v) is 7.05. The van der Waals surface area contributed by atoms with Crippen molar-refractivity contribution < 1.29 is 0 Å². The maximum atomic E-state index is 6.25. The van der Waals surface area contributed by atoms with Crippen LogP contribution in [0.15, 0.2) is 30.6 Å². The molecule has 132 valence electrons. The fourth-order valence-corrected chi connectivity index (χ4v) is 3.92. The van der Waals surface area contributed by atoms with Crippen molar-refractivity contribution in [3.63, 3.8) is 0 Å². The topological polar surface area (TPSA) is 75.5 Å². The summed E-state index contributed by atoms with van der Waals surface area (Å²) in [5.41, 5.74) is 3.41. The lowest BCUT2D eigenvalue weighted by Gasteiger charge is -2.16. The van der Waals surface area contributed by atoms with Gasteiger partial charge >= 0.3 is 0 Å². The van der Waals surface area contributed by atoms with Gasteiger partial charge in [-0.1, -0.05) is 25.0 Å². The number of H-pyrrole nitrogens is 1. The van der Waals surface area contributed by atoms with Gasteiger partial charge in [-0.3, -0.25) is 4.90 Å². The second-order valence-electron chi connectivity index (χ2n) is 6.72. The lowest BCUT2D eigenvalue weighted by molar-refractivity contribution is 0.529. The molecule has 0 atom stereocenters. The van der Waals surface area contributed by atoms with Gasteiger partial charge in [-0.25, -0.2) is 9.97 Å². The van der Waals surface area contributed by atoms with Crippen molar-refractivity contribution in [3.05, 3.63) is 35.9 Å². The molecule has 4 aromatic rings. The normalized spacial score (nSPS) is 15.3. The number of fused-ring (bicyclic) bond motifs is 2. The molecule has 1 saturated carbocycles. The van der Waals surface area contributed by atoms with E-state index in [0.29, 0.717) is 17.8 Å². The summed E-state index contributed by atoms with van der Waals surface area (Å²) in [6.07, 6.45) is 6.66. The maximum Gasteiger partial charge on any atom is 0.226 e. The highest BCUT2D eigenvalue weighted by molar-refractivity contribution is 6.28. The summed E-state index contributed by atoms with van der Waals surface area (Å²) in [5.74, 6) is 1.34. The minimum atomic E-state index is 0.218. The Morgan fingerprint density at radius 2 is 1.96 bits per heavy atom. The molecule has 0 aliphatic heterocycles. The molecule has 26 heavy (non-hydrogen) atoms. The molecule has 1 fully saturated rings. The zero-order valence-corrected chi connectivity index (χ0v) is 15.1. The number of hydrogen-bond donors (Lipinski definition) is 1. The largest absolute Gasteiger partial charge is 0.324 e. The molecular weight excluding hydrogens is 350 g/mol. The minimum absolute atomic E-state index is 0.218. The van der Waals surface area contributed by atoms with Gasteiger partial charge in [0.2, 0.25) is 11.2 Å². The highest BCUT2D eigenvalue weighted by atomic mass is 35.5. The molecule has 0 unspecified atom stereocenters. The van der Waals surface area contributed by atoms with Crippen molar-refractivity contribution in [2.24, 2.45) is 0 Å². The number of nitrogens with zero attached hydrogens (tertiary/aromatic N) is 6. The molecule has 1 aromatic carbocycles. The summed E-state index contributed by atoms with van der Waals surface area (Å²) in [4.78, 5) is 23.3. The van der Waals surface area contributed by atoms with E-state index < -0.39 is 0 Å². The van der Waals surface area contributed by atoms with E-state index in [4.69, 9.17) is 11.6 Å². The maximum absolute atomic E-state index is 6.25.